The van der Waals surface area contributed by atoms with Crippen LogP contribution in [0.2, 0.25) is 5.15 Å². The summed E-state index contributed by atoms with van der Waals surface area (Å²) in [6, 6.07) is 13.6. The molecule has 31 heavy (non-hydrogen) atoms. The fourth-order valence-electron chi connectivity index (χ4n) is 2.58. The van der Waals surface area contributed by atoms with Crippen LogP contribution in [-0.2, 0) is 11.3 Å². The molecule has 160 valence electrons. The van der Waals surface area contributed by atoms with E-state index in [1.54, 1.807) is 6.92 Å². The molecule has 2 aromatic carbocycles. The second-order valence-corrected chi connectivity index (χ2v) is 8.50. The normalized spacial score (nSPS) is 10.9. The van der Waals surface area contributed by atoms with Crippen molar-refractivity contribution in [1.82, 2.24) is 9.99 Å². The average molecular weight is 523 g/mol. The number of hydrogen-bond acceptors (Lipinski definition) is 6. The van der Waals surface area contributed by atoms with Crippen molar-refractivity contribution in [2.24, 2.45) is 5.10 Å². The van der Waals surface area contributed by atoms with Crippen LogP contribution in [-0.4, -0.2) is 29.3 Å². The Morgan fingerprint density at radius 3 is 2.45 bits per heavy atom. The zero-order valence-corrected chi connectivity index (χ0v) is 19.5. The molecule has 7 nitrogen and oxygen atoms in total. The van der Waals surface area contributed by atoms with Crippen molar-refractivity contribution >= 4 is 57.0 Å². The monoisotopic (exact) mass is 521 g/mol. The average Bonchev–Trinajstić information content (AvgIpc) is 3.03. The van der Waals surface area contributed by atoms with Crippen LogP contribution in [0.4, 0.5) is 0 Å². The number of esters is 1. The molecule has 1 N–H and O–H groups in total. The van der Waals surface area contributed by atoms with Crippen LogP contribution < -0.4 is 10.3 Å². The van der Waals surface area contributed by atoms with Gasteiger partial charge in [-0.1, -0.05) is 51.0 Å². The van der Waals surface area contributed by atoms with E-state index >= 15 is 0 Å². The van der Waals surface area contributed by atoms with Crippen molar-refractivity contribution < 1.29 is 14.3 Å². The van der Waals surface area contributed by atoms with Crippen molar-refractivity contribution in [3.8, 4) is 0 Å². The van der Waals surface area contributed by atoms with Gasteiger partial charge in [-0.25, -0.2) is 10.2 Å². The number of carbonyl (C=O) groups excluding carboxylic acids is 2. The van der Waals surface area contributed by atoms with Gasteiger partial charge in [-0.3, -0.25) is 14.2 Å². The van der Waals surface area contributed by atoms with Crippen LogP contribution in [0.5, 0.6) is 0 Å². The van der Waals surface area contributed by atoms with Crippen LogP contribution in [0.25, 0.3) is 0 Å². The van der Waals surface area contributed by atoms with Gasteiger partial charge in [-0.2, -0.15) is 5.10 Å². The molecule has 0 saturated carbocycles. The lowest BCUT2D eigenvalue weighted by Gasteiger charge is -2.04. The maximum Gasteiger partial charge on any atom is 0.338 e. The molecule has 1 amide bonds. The van der Waals surface area contributed by atoms with Gasteiger partial charge in [0, 0.05) is 10.0 Å². The number of ether oxygens (including phenoxy) is 1. The second-order valence-electron chi connectivity index (χ2n) is 6.23. The molecule has 3 rings (SSSR count). The van der Waals surface area contributed by atoms with E-state index < -0.39 is 11.9 Å². The van der Waals surface area contributed by atoms with E-state index in [1.807, 2.05) is 24.3 Å². The molecule has 1 heterocycles. The largest absolute Gasteiger partial charge is 0.462 e. The van der Waals surface area contributed by atoms with E-state index in [4.69, 9.17) is 16.3 Å². The Morgan fingerprint density at radius 1 is 1.16 bits per heavy atom. The zero-order chi connectivity index (χ0) is 22.4. The first-order chi connectivity index (χ1) is 14.9. The predicted octanol–water partition coefficient (Wildman–Crippen LogP) is 4.31. The van der Waals surface area contributed by atoms with Crippen molar-refractivity contribution in [2.75, 3.05) is 6.61 Å². The quantitative estimate of drug-likeness (QED) is 0.284. The number of thiazole rings is 1. The van der Waals surface area contributed by atoms with E-state index in [9.17, 15) is 14.4 Å². The van der Waals surface area contributed by atoms with Gasteiger partial charge in [-0.15, -0.1) is 0 Å². The van der Waals surface area contributed by atoms with Crippen molar-refractivity contribution in [2.45, 2.75) is 13.5 Å². The number of rotatable bonds is 7. The molecule has 0 aliphatic rings. The molecule has 1 aromatic heterocycles. The van der Waals surface area contributed by atoms with Gasteiger partial charge in [0.15, 0.2) is 0 Å². The Hall–Kier alpha value is -2.75. The fourth-order valence-corrected chi connectivity index (χ4v) is 3.95. The summed E-state index contributed by atoms with van der Waals surface area (Å²) in [6.45, 7) is 2.32. The number of carbonyl (C=O) groups is 2. The minimum atomic E-state index is -0.468. The summed E-state index contributed by atoms with van der Waals surface area (Å²) >= 11 is 10.6. The molecule has 0 atom stereocenters. The third-order valence-electron chi connectivity index (χ3n) is 4.12. The Morgan fingerprint density at radius 2 is 1.81 bits per heavy atom. The minimum Gasteiger partial charge on any atom is -0.462 e. The summed E-state index contributed by atoms with van der Waals surface area (Å²) in [7, 11) is 0. The number of amides is 1. The van der Waals surface area contributed by atoms with Crippen LogP contribution in [0, 0.1) is 0 Å². The lowest BCUT2D eigenvalue weighted by atomic mass is 10.1. The second kappa shape index (κ2) is 10.5. The van der Waals surface area contributed by atoms with Crippen LogP contribution in [0.1, 0.15) is 38.1 Å². The third kappa shape index (κ3) is 5.90. The molecule has 0 aliphatic carbocycles. The first kappa shape index (κ1) is 22.9. The fraction of sp³-hybridized carbons (Fsp3) is 0.143. The molecule has 3 aromatic rings. The summed E-state index contributed by atoms with van der Waals surface area (Å²) in [4.78, 5) is 36.4. The number of hydrogen-bond donors (Lipinski definition) is 1. The Kier molecular flexibility index (Phi) is 7.78. The van der Waals surface area contributed by atoms with Crippen molar-refractivity contribution in [3.63, 3.8) is 0 Å². The van der Waals surface area contributed by atoms with E-state index in [0.717, 1.165) is 21.4 Å². The highest BCUT2D eigenvalue weighted by molar-refractivity contribution is 9.10. The summed E-state index contributed by atoms with van der Waals surface area (Å²) < 4.78 is 7.28. The van der Waals surface area contributed by atoms with Gasteiger partial charge in [-0.05, 0) is 48.9 Å². The smallest absolute Gasteiger partial charge is 0.338 e. The molecule has 0 saturated heterocycles. The number of aromatic nitrogens is 1. The summed E-state index contributed by atoms with van der Waals surface area (Å²) in [6.07, 6.45) is 1.33. The van der Waals surface area contributed by atoms with Gasteiger partial charge < -0.3 is 4.74 Å². The van der Waals surface area contributed by atoms with E-state index in [-0.39, 0.29) is 16.6 Å². The molecule has 10 heteroatoms. The number of halogens is 2. The topological polar surface area (TPSA) is 89.8 Å². The van der Waals surface area contributed by atoms with Crippen molar-refractivity contribution in [3.05, 3.63) is 89.4 Å². The van der Waals surface area contributed by atoms with Gasteiger partial charge >= 0.3 is 10.8 Å². The number of hydrazone groups is 1. The highest BCUT2D eigenvalue weighted by atomic mass is 79.9. The number of nitrogens with zero attached hydrogens (tertiary/aromatic N) is 2. The summed E-state index contributed by atoms with van der Waals surface area (Å²) in [5.74, 6) is -0.922. The lowest BCUT2D eigenvalue weighted by molar-refractivity contribution is 0.0526. The lowest BCUT2D eigenvalue weighted by Crippen LogP contribution is -2.17. The predicted molar refractivity (Wildman–Crippen MR) is 124 cm³/mol. The first-order valence-corrected chi connectivity index (χ1v) is 11.1. The molecular weight excluding hydrogens is 506 g/mol. The molecular formula is C21H17BrClN3O4S. The molecule has 0 unspecified atom stereocenters. The summed E-state index contributed by atoms with van der Waals surface area (Å²) in [5, 5.41) is 4.14. The molecule has 0 bridgehead atoms. The van der Waals surface area contributed by atoms with E-state index in [2.05, 4.69) is 26.5 Å². The van der Waals surface area contributed by atoms with Gasteiger partial charge in [0.2, 0.25) is 0 Å². The maximum atomic E-state index is 12.3. The van der Waals surface area contributed by atoms with Gasteiger partial charge in [0.25, 0.3) is 5.91 Å². The van der Waals surface area contributed by atoms with E-state index in [1.165, 1.54) is 35.0 Å². The molecule has 0 aliphatic heterocycles. The molecule has 0 spiro atoms. The standard InChI is InChI=1S/C21H17BrClN3O4S/c1-2-30-20(28)15-7-5-14(6-8-15)19(27)25-24-11-17-18(23)26(21(29)31-17)12-13-3-9-16(22)10-4-13/h3-11H,2,12H2,1H3,(H,25,27). The Balaban J connectivity index is 1.65. The van der Waals surface area contributed by atoms with E-state index in [0.29, 0.717) is 22.5 Å². The molecule has 0 radical (unpaired) electrons. The third-order valence-corrected chi connectivity index (χ3v) is 6.08. The SMILES string of the molecule is CCOC(=O)c1ccc(C(=O)NN=Cc2sc(=O)n(Cc3ccc(Br)cc3)c2Cl)cc1. The molecule has 0 fully saturated rings. The Bertz CT molecular complexity index is 1170. The van der Waals surface area contributed by atoms with Crippen LogP contribution in [0.3, 0.4) is 0 Å². The van der Waals surface area contributed by atoms with Gasteiger partial charge in [0.05, 0.1) is 29.8 Å². The van der Waals surface area contributed by atoms with Crippen LogP contribution >= 0.6 is 38.9 Å². The summed E-state index contributed by atoms with van der Waals surface area (Å²) in [5.41, 5.74) is 3.97. The first-order valence-electron chi connectivity index (χ1n) is 9.13. The zero-order valence-electron chi connectivity index (χ0n) is 16.3. The number of nitrogens with one attached hydrogen (secondary N) is 1. The maximum absolute atomic E-state index is 12.3. The Labute approximate surface area is 195 Å². The highest BCUT2D eigenvalue weighted by Gasteiger charge is 2.13. The van der Waals surface area contributed by atoms with Crippen molar-refractivity contribution in [1.29, 1.82) is 0 Å². The van der Waals surface area contributed by atoms with Crippen LogP contribution in [0.15, 0.2) is 62.9 Å². The number of benzene rings is 2. The minimum absolute atomic E-state index is 0.227. The highest BCUT2D eigenvalue weighted by Crippen LogP contribution is 2.19. The van der Waals surface area contributed by atoms with Gasteiger partial charge in [0.1, 0.15) is 5.15 Å².